The molecule has 0 amide bonds. The number of hydrogen-bond acceptors (Lipinski definition) is 4. The predicted molar refractivity (Wildman–Crippen MR) is 120 cm³/mol. The van der Waals surface area contributed by atoms with Crippen LogP contribution in [0.1, 0.15) is 108 Å². The van der Waals surface area contributed by atoms with Crippen molar-refractivity contribution in [1.29, 1.82) is 0 Å². The first kappa shape index (κ1) is 23.0. The molecule has 168 valence electrons. The Kier molecular flexibility index (Phi) is 8.07. The lowest BCUT2D eigenvalue weighted by atomic mass is 9.97. The summed E-state index contributed by atoms with van der Waals surface area (Å²) in [6.07, 6.45) is 18.1. The molecular weight excluding hydrogens is 376 g/mol. The zero-order valence-electron chi connectivity index (χ0n) is 18.8. The molecule has 2 saturated carbocycles. The van der Waals surface area contributed by atoms with Crippen LogP contribution in [0.4, 0.5) is 0 Å². The van der Waals surface area contributed by atoms with Gasteiger partial charge in [-0.05, 0) is 93.2 Å². The fraction of sp³-hybridized carbons (Fsp3) is 0.731. The number of carbonyl (C=O) groups is 1. The van der Waals surface area contributed by atoms with Crippen LogP contribution < -0.4 is 0 Å². The van der Waals surface area contributed by atoms with Gasteiger partial charge in [0, 0.05) is 6.07 Å². The molecule has 0 aromatic heterocycles. The Bertz CT molecular complexity index is 689. The van der Waals surface area contributed by atoms with Crippen molar-refractivity contribution in [1.82, 2.24) is 0 Å². The Balaban J connectivity index is 1.31. The van der Waals surface area contributed by atoms with Crippen LogP contribution in [0.5, 0.6) is 11.5 Å². The van der Waals surface area contributed by atoms with Gasteiger partial charge < -0.3 is 14.9 Å². The minimum Gasteiger partial charge on any atom is -0.508 e. The quantitative estimate of drug-likeness (QED) is 0.236. The fourth-order valence-corrected chi connectivity index (χ4v) is 4.54. The summed E-state index contributed by atoms with van der Waals surface area (Å²) in [4.78, 5) is 10.5. The molecule has 2 aliphatic carbocycles. The van der Waals surface area contributed by atoms with E-state index in [0.29, 0.717) is 11.9 Å². The summed E-state index contributed by atoms with van der Waals surface area (Å²) in [5.74, 6) is 0.442. The molecule has 0 spiro atoms. The molecule has 0 saturated heterocycles. The van der Waals surface area contributed by atoms with E-state index in [-0.39, 0.29) is 17.1 Å². The maximum Gasteiger partial charge on any atom is 0.293 e. The summed E-state index contributed by atoms with van der Waals surface area (Å²) >= 11 is 0. The van der Waals surface area contributed by atoms with Crippen LogP contribution in [0.25, 0.3) is 0 Å². The van der Waals surface area contributed by atoms with Gasteiger partial charge >= 0.3 is 0 Å². The molecule has 0 radical (unpaired) electrons. The number of phenolic OH excluding ortho intramolecular Hbond substituents is 2. The van der Waals surface area contributed by atoms with Crippen LogP contribution in [0.3, 0.4) is 0 Å². The van der Waals surface area contributed by atoms with Gasteiger partial charge in [0.15, 0.2) is 0 Å². The highest BCUT2D eigenvalue weighted by atomic mass is 16.5. The number of carbonyl (C=O) groups excluding carboxylic acids is 1. The number of rotatable bonds is 16. The molecule has 2 aliphatic rings. The Labute approximate surface area is 182 Å². The van der Waals surface area contributed by atoms with Gasteiger partial charge in [-0.1, -0.05) is 39.0 Å². The summed E-state index contributed by atoms with van der Waals surface area (Å²) in [7, 11) is 0. The molecule has 0 unspecified atom stereocenters. The maximum absolute atomic E-state index is 10.5. The summed E-state index contributed by atoms with van der Waals surface area (Å²) in [6.45, 7) is 2.99. The van der Waals surface area contributed by atoms with Gasteiger partial charge in [-0.25, -0.2) is 0 Å². The van der Waals surface area contributed by atoms with Crippen molar-refractivity contribution in [2.24, 2.45) is 5.41 Å². The van der Waals surface area contributed by atoms with Gasteiger partial charge in [0.1, 0.15) is 17.1 Å². The van der Waals surface area contributed by atoms with Crippen molar-refractivity contribution >= 4 is 6.47 Å². The van der Waals surface area contributed by atoms with Gasteiger partial charge in [-0.15, -0.1) is 0 Å². The van der Waals surface area contributed by atoms with Crippen molar-refractivity contribution in [3.8, 4) is 11.5 Å². The number of hydrogen-bond donors (Lipinski definition) is 2. The molecule has 3 rings (SSSR count). The highest BCUT2D eigenvalue weighted by Gasteiger charge is 2.44. The zero-order chi connectivity index (χ0) is 21.5. The van der Waals surface area contributed by atoms with E-state index in [2.05, 4.69) is 6.92 Å². The van der Waals surface area contributed by atoms with Crippen LogP contribution >= 0.6 is 0 Å². The second-order valence-corrected chi connectivity index (χ2v) is 10.1. The Morgan fingerprint density at radius 1 is 0.800 bits per heavy atom. The predicted octanol–water partition coefficient (Wildman–Crippen LogP) is 6.59. The highest BCUT2D eigenvalue weighted by molar-refractivity contribution is 5.45. The lowest BCUT2D eigenvalue weighted by molar-refractivity contribution is -0.135. The monoisotopic (exact) mass is 416 g/mol. The summed E-state index contributed by atoms with van der Waals surface area (Å²) < 4.78 is 5.19. The van der Waals surface area contributed by atoms with Crippen LogP contribution in [0, 0.1) is 5.41 Å². The zero-order valence-corrected chi connectivity index (χ0v) is 18.8. The van der Waals surface area contributed by atoms with E-state index < -0.39 is 0 Å². The maximum atomic E-state index is 10.5. The van der Waals surface area contributed by atoms with Gasteiger partial charge in [-0.3, -0.25) is 4.79 Å². The smallest absolute Gasteiger partial charge is 0.293 e. The van der Waals surface area contributed by atoms with Crippen LogP contribution in [0.15, 0.2) is 12.1 Å². The minimum absolute atomic E-state index is 0.137. The molecule has 30 heavy (non-hydrogen) atoms. The molecule has 0 bridgehead atoms. The SMILES string of the molecule is CC1(CCCCCCc2cc(CCCCCCC3(OC=O)CC3)c(O)cc2O)CC1. The molecular formula is C26H40O4. The van der Waals surface area contributed by atoms with E-state index in [9.17, 15) is 15.0 Å². The second-order valence-electron chi connectivity index (χ2n) is 10.1. The molecule has 1 aromatic rings. The summed E-state index contributed by atoms with van der Waals surface area (Å²) in [5, 5.41) is 20.4. The van der Waals surface area contributed by atoms with E-state index in [0.717, 1.165) is 75.3 Å². The highest BCUT2D eigenvalue weighted by Crippen LogP contribution is 2.49. The molecule has 0 heterocycles. The number of aryl methyl sites for hydroxylation is 2. The van der Waals surface area contributed by atoms with Crippen molar-refractivity contribution in [3.63, 3.8) is 0 Å². The Hall–Kier alpha value is -1.71. The van der Waals surface area contributed by atoms with Gasteiger partial charge in [0.25, 0.3) is 6.47 Å². The van der Waals surface area contributed by atoms with Crippen molar-refractivity contribution in [2.75, 3.05) is 0 Å². The second kappa shape index (κ2) is 10.5. The first-order valence-electron chi connectivity index (χ1n) is 12.1. The number of aromatic hydroxyl groups is 2. The van der Waals surface area contributed by atoms with Gasteiger partial charge in [-0.2, -0.15) is 0 Å². The number of unbranched alkanes of at least 4 members (excludes halogenated alkanes) is 6. The van der Waals surface area contributed by atoms with E-state index >= 15 is 0 Å². The first-order chi connectivity index (χ1) is 14.5. The van der Waals surface area contributed by atoms with E-state index in [4.69, 9.17) is 4.74 Å². The molecule has 0 atom stereocenters. The van der Waals surface area contributed by atoms with Crippen molar-refractivity contribution < 1.29 is 19.7 Å². The third-order valence-corrected chi connectivity index (χ3v) is 7.29. The lowest BCUT2D eigenvalue weighted by Crippen LogP contribution is -2.12. The topological polar surface area (TPSA) is 66.8 Å². The van der Waals surface area contributed by atoms with Crippen molar-refractivity contribution in [2.45, 2.75) is 115 Å². The van der Waals surface area contributed by atoms with Crippen molar-refractivity contribution in [3.05, 3.63) is 23.3 Å². The molecule has 4 heteroatoms. The lowest BCUT2D eigenvalue weighted by Gasteiger charge is -2.13. The average Bonchev–Trinajstić information content (AvgIpc) is 3.63. The fourth-order valence-electron chi connectivity index (χ4n) is 4.54. The Morgan fingerprint density at radius 3 is 1.83 bits per heavy atom. The average molecular weight is 417 g/mol. The van der Waals surface area contributed by atoms with E-state index in [1.165, 1.54) is 44.6 Å². The molecule has 2 N–H and O–H groups in total. The third kappa shape index (κ3) is 7.21. The van der Waals surface area contributed by atoms with Crippen LogP contribution in [-0.2, 0) is 22.4 Å². The normalized spacial score (nSPS) is 18.2. The largest absolute Gasteiger partial charge is 0.508 e. The molecule has 1 aromatic carbocycles. The van der Waals surface area contributed by atoms with E-state index in [1.54, 1.807) is 0 Å². The first-order valence-corrected chi connectivity index (χ1v) is 12.1. The number of phenols is 2. The number of benzene rings is 1. The van der Waals surface area contributed by atoms with E-state index in [1.807, 2.05) is 6.07 Å². The summed E-state index contributed by atoms with van der Waals surface area (Å²) in [5.41, 5.74) is 2.44. The minimum atomic E-state index is -0.137. The van der Waals surface area contributed by atoms with Gasteiger partial charge in [0.05, 0.1) is 0 Å². The molecule has 4 nitrogen and oxygen atoms in total. The molecule has 2 fully saturated rings. The summed E-state index contributed by atoms with van der Waals surface area (Å²) in [6, 6.07) is 3.53. The van der Waals surface area contributed by atoms with Gasteiger partial charge in [0.2, 0.25) is 0 Å². The standard InChI is InChI=1S/C26H40O4/c1-25(14-15-25)12-8-4-2-6-10-21-18-22(24(29)19-23(21)28)11-7-3-5-9-13-26(16-17-26)30-20-27/h18-20,28-29H,2-17H2,1H3. The molecule has 0 aliphatic heterocycles. The third-order valence-electron chi connectivity index (χ3n) is 7.29. The van der Waals surface area contributed by atoms with Crippen LogP contribution in [0.2, 0.25) is 0 Å². The Morgan fingerprint density at radius 2 is 1.33 bits per heavy atom. The number of ether oxygens (including phenoxy) is 1. The van der Waals surface area contributed by atoms with Crippen LogP contribution in [-0.4, -0.2) is 22.3 Å².